The summed E-state index contributed by atoms with van der Waals surface area (Å²) in [5.41, 5.74) is -0.419. The van der Waals surface area contributed by atoms with Crippen molar-refractivity contribution in [3.8, 4) is 6.07 Å². The Morgan fingerprint density at radius 2 is 2.17 bits per heavy atom. The van der Waals surface area contributed by atoms with E-state index in [0.29, 0.717) is 12.1 Å². The van der Waals surface area contributed by atoms with Crippen LogP contribution in [0.15, 0.2) is 0 Å². The van der Waals surface area contributed by atoms with Crippen LogP contribution in [0.2, 0.25) is 0 Å². The summed E-state index contributed by atoms with van der Waals surface area (Å²) in [5.74, 6) is 0. The Labute approximate surface area is 112 Å². The quantitative estimate of drug-likeness (QED) is 0.819. The molecule has 0 aromatic carbocycles. The maximum atomic E-state index is 9.26. The summed E-state index contributed by atoms with van der Waals surface area (Å²) in [6.45, 7) is 9.95. The highest BCUT2D eigenvalue weighted by molar-refractivity contribution is 5.05. The third kappa shape index (κ3) is 3.94. The number of hydrogen-bond donors (Lipinski definition) is 1. The molecule has 1 fully saturated rings. The van der Waals surface area contributed by atoms with Gasteiger partial charge >= 0.3 is 0 Å². The average Bonchev–Trinajstić information content (AvgIpc) is 2.49. The van der Waals surface area contributed by atoms with E-state index in [1.54, 1.807) is 0 Å². The Morgan fingerprint density at radius 3 is 2.72 bits per heavy atom. The molecule has 0 radical (unpaired) electrons. The number of nitriles is 1. The molecule has 1 aliphatic heterocycles. The second kappa shape index (κ2) is 6.51. The number of nitrogens with one attached hydrogen (secondary N) is 1. The van der Waals surface area contributed by atoms with Crippen molar-refractivity contribution in [2.45, 2.75) is 51.2 Å². The van der Waals surface area contributed by atoms with Crippen molar-refractivity contribution < 1.29 is 0 Å². The van der Waals surface area contributed by atoms with Crippen LogP contribution in [0.1, 0.15) is 33.6 Å². The summed E-state index contributed by atoms with van der Waals surface area (Å²) in [5, 5.41) is 12.4. The van der Waals surface area contributed by atoms with E-state index in [0.717, 1.165) is 19.5 Å². The summed E-state index contributed by atoms with van der Waals surface area (Å²) in [4.78, 5) is 4.95. The van der Waals surface area contributed by atoms with E-state index in [4.69, 9.17) is 0 Å². The van der Waals surface area contributed by atoms with E-state index in [2.05, 4.69) is 42.1 Å². The smallest absolute Gasteiger partial charge is 0.105 e. The largest absolute Gasteiger partial charge is 0.305 e. The SMILES string of the molecule is CNC(C)(C#N)CC(C)N1CCCN(C)CC1C. The minimum atomic E-state index is -0.419. The Hall–Kier alpha value is -0.630. The molecule has 3 atom stereocenters. The van der Waals surface area contributed by atoms with Gasteiger partial charge in [-0.05, 0) is 60.8 Å². The van der Waals surface area contributed by atoms with Crippen LogP contribution in [-0.4, -0.2) is 61.2 Å². The Kier molecular flexibility index (Phi) is 5.58. The lowest BCUT2D eigenvalue weighted by Gasteiger charge is -2.36. The summed E-state index contributed by atoms with van der Waals surface area (Å²) in [7, 11) is 4.06. The molecule has 3 unspecified atom stereocenters. The third-order valence-corrected chi connectivity index (χ3v) is 4.17. The zero-order valence-corrected chi connectivity index (χ0v) is 12.5. The molecule has 1 aliphatic rings. The highest BCUT2D eigenvalue weighted by atomic mass is 15.2. The van der Waals surface area contributed by atoms with E-state index < -0.39 is 5.54 Å². The lowest BCUT2D eigenvalue weighted by atomic mass is 9.94. The van der Waals surface area contributed by atoms with Crippen LogP contribution in [0.4, 0.5) is 0 Å². The van der Waals surface area contributed by atoms with Crippen LogP contribution in [0.3, 0.4) is 0 Å². The zero-order valence-electron chi connectivity index (χ0n) is 12.5. The normalized spacial score (nSPS) is 28.1. The van der Waals surface area contributed by atoms with Gasteiger partial charge in [-0.25, -0.2) is 0 Å². The van der Waals surface area contributed by atoms with Gasteiger partial charge in [-0.15, -0.1) is 0 Å². The van der Waals surface area contributed by atoms with E-state index >= 15 is 0 Å². The minimum absolute atomic E-state index is 0.419. The van der Waals surface area contributed by atoms with Gasteiger partial charge in [-0.3, -0.25) is 4.90 Å². The zero-order chi connectivity index (χ0) is 13.8. The first-order valence-corrected chi connectivity index (χ1v) is 6.96. The minimum Gasteiger partial charge on any atom is -0.305 e. The molecule has 18 heavy (non-hydrogen) atoms. The van der Waals surface area contributed by atoms with Crippen LogP contribution in [0.25, 0.3) is 0 Å². The molecule has 0 bridgehead atoms. The van der Waals surface area contributed by atoms with Crippen molar-refractivity contribution in [3.05, 3.63) is 0 Å². The highest BCUT2D eigenvalue weighted by Crippen LogP contribution is 2.19. The molecule has 0 aliphatic carbocycles. The van der Waals surface area contributed by atoms with Gasteiger partial charge in [0.15, 0.2) is 0 Å². The maximum absolute atomic E-state index is 9.26. The first kappa shape index (κ1) is 15.4. The molecule has 0 aromatic rings. The van der Waals surface area contributed by atoms with Crippen molar-refractivity contribution in [2.24, 2.45) is 0 Å². The van der Waals surface area contributed by atoms with Crippen molar-refractivity contribution in [3.63, 3.8) is 0 Å². The molecule has 4 nitrogen and oxygen atoms in total. The van der Waals surface area contributed by atoms with Crippen molar-refractivity contribution >= 4 is 0 Å². The van der Waals surface area contributed by atoms with Crippen molar-refractivity contribution in [1.82, 2.24) is 15.1 Å². The Balaban J connectivity index is 2.65. The molecular weight excluding hydrogens is 224 g/mol. The van der Waals surface area contributed by atoms with Crippen molar-refractivity contribution in [1.29, 1.82) is 5.26 Å². The molecule has 1 N–H and O–H groups in total. The monoisotopic (exact) mass is 252 g/mol. The van der Waals surface area contributed by atoms with Crippen LogP contribution >= 0.6 is 0 Å². The number of hydrogen-bond acceptors (Lipinski definition) is 4. The van der Waals surface area contributed by atoms with E-state index in [1.165, 1.54) is 13.0 Å². The van der Waals surface area contributed by atoms with E-state index in [1.807, 2.05) is 14.0 Å². The third-order valence-electron chi connectivity index (χ3n) is 4.17. The molecule has 104 valence electrons. The molecular formula is C14H28N4. The van der Waals surface area contributed by atoms with Gasteiger partial charge in [-0.1, -0.05) is 0 Å². The van der Waals surface area contributed by atoms with Crippen LogP contribution in [0, 0.1) is 11.3 Å². The first-order chi connectivity index (χ1) is 8.41. The van der Waals surface area contributed by atoms with Gasteiger partial charge in [-0.2, -0.15) is 5.26 Å². The molecule has 0 aromatic heterocycles. The molecule has 4 heteroatoms. The van der Waals surface area contributed by atoms with Gasteiger partial charge in [0, 0.05) is 18.6 Å². The summed E-state index contributed by atoms with van der Waals surface area (Å²) in [6.07, 6.45) is 2.09. The van der Waals surface area contributed by atoms with Crippen molar-refractivity contribution in [2.75, 3.05) is 33.7 Å². The lowest BCUT2D eigenvalue weighted by Crippen LogP contribution is -2.49. The highest BCUT2D eigenvalue weighted by Gasteiger charge is 2.30. The van der Waals surface area contributed by atoms with Gasteiger partial charge in [0.25, 0.3) is 0 Å². The molecule has 1 heterocycles. The van der Waals surface area contributed by atoms with E-state index in [9.17, 15) is 5.26 Å². The number of rotatable bonds is 4. The maximum Gasteiger partial charge on any atom is 0.105 e. The van der Waals surface area contributed by atoms with Crippen LogP contribution < -0.4 is 5.32 Å². The number of nitrogens with zero attached hydrogens (tertiary/aromatic N) is 3. The first-order valence-electron chi connectivity index (χ1n) is 6.96. The summed E-state index contributed by atoms with van der Waals surface area (Å²) >= 11 is 0. The fraction of sp³-hybridized carbons (Fsp3) is 0.929. The fourth-order valence-electron chi connectivity index (χ4n) is 2.96. The Morgan fingerprint density at radius 1 is 1.50 bits per heavy atom. The Bertz CT molecular complexity index is 299. The predicted octanol–water partition coefficient (Wildman–Crippen LogP) is 1.29. The molecule has 1 saturated heterocycles. The summed E-state index contributed by atoms with van der Waals surface area (Å²) in [6, 6.07) is 3.39. The van der Waals surface area contributed by atoms with Crippen LogP contribution in [-0.2, 0) is 0 Å². The second-order valence-electron chi connectivity index (χ2n) is 5.95. The standard InChI is InChI=1S/C14H28N4/c1-12(9-14(3,11-15)16-4)18-8-6-7-17(5)10-13(18)2/h12-13,16H,6-10H2,1-5H3. The molecule has 1 rings (SSSR count). The second-order valence-corrected chi connectivity index (χ2v) is 5.95. The average molecular weight is 252 g/mol. The molecule has 0 spiro atoms. The van der Waals surface area contributed by atoms with Crippen LogP contribution in [0.5, 0.6) is 0 Å². The van der Waals surface area contributed by atoms with Gasteiger partial charge in [0.2, 0.25) is 0 Å². The number of likely N-dealkylation sites (N-methyl/N-ethyl adjacent to an activating group) is 1. The molecule has 0 amide bonds. The van der Waals surface area contributed by atoms with Gasteiger partial charge < -0.3 is 10.2 Å². The van der Waals surface area contributed by atoms with E-state index in [-0.39, 0.29) is 0 Å². The van der Waals surface area contributed by atoms with Gasteiger partial charge in [0.1, 0.15) is 5.54 Å². The summed E-state index contributed by atoms with van der Waals surface area (Å²) < 4.78 is 0. The van der Waals surface area contributed by atoms with Gasteiger partial charge in [0.05, 0.1) is 6.07 Å². The molecule has 0 saturated carbocycles. The fourth-order valence-corrected chi connectivity index (χ4v) is 2.96. The lowest BCUT2D eigenvalue weighted by molar-refractivity contribution is 0.132. The predicted molar refractivity (Wildman–Crippen MR) is 75.4 cm³/mol. The topological polar surface area (TPSA) is 42.3 Å².